The van der Waals surface area contributed by atoms with Crippen molar-refractivity contribution in [3.8, 4) is 5.88 Å². The van der Waals surface area contributed by atoms with Gasteiger partial charge in [0, 0.05) is 24.5 Å². The van der Waals surface area contributed by atoms with Crippen LogP contribution in [0.5, 0.6) is 5.88 Å². The van der Waals surface area contributed by atoms with Gasteiger partial charge in [-0.2, -0.15) is 4.98 Å². The van der Waals surface area contributed by atoms with Crippen LogP contribution in [0, 0.1) is 0 Å². The number of nitrogens with two attached hydrogens (primary N) is 1. The highest BCUT2D eigenvalue weighted by Crippen LogP contribution is 2.09. The number of benzene rings is 1. The molecule has 1 aromatic heterocycles. The van der Waals surface area contributed by atoms with E-state index in [2.05, 4.69) is 15.3 Å². The lowest BCUT2D eigenvalue weighted by atomic mass is 10.1. The number of anilines is 2. The van der Waals surface area contributed by atoms with E-state index >= 15 is 0 Å². The number of nitrogen functional groups attached to an aromatic ring is 1. The van der Waals surface area contributed by atoms with Crippen LogP contribution < -0.4 is 15.8 Å². The highest BCUT2D eigenvalue weighted by atomic mass is 16.5. The van der Waals surface area contributed by atoms with Crippen LogP contribution in [0.4, 0.5) is 11.6 Å². The second kappa shape index (κ2) is 6.58. The molecule has 0 radical (unpaired) electrons. The van der Waals surface area contributed by atoms with Crippen LogP contribution in [0.25, 0.3) is 0 Å². The van der Waals surface area contributed by atoms with Gasteiger partial charge in [0.05, 0.1) is 6.61 Å². The molecule has 0 aliphatic carbocycles. The number of hydrogen-bond donors (Lipinski definition) is 2. The van der Waals surface area contributed by atoms with Crippen LogP contribution in [0.15, 0.2) is 36.5 Å². The quantitative estimate of drug-likeness (QED) is 0.776. The highest BCUT2D eigenvalue weighted by molar-refractivity contribution is 5.39. The van der Waals surface area contributed by atoms with E-state index in [1.54, 1.807) is 12.3 Å². The monoisotopic (exact) mass is 258 g/mol. The average molecular weight is 258 g/mol. The number of nitrogens with one attached hydrogen (secondary N) is 1. The van der Waals surface area contributed by atoms with Crippen molar-refractivity contribution in [1.82, 2.24) is 9.97 Å². The minimum atomic E-state index is 0.585. The SMILES string of the molecule is CCOc1ccnc(NCCc2ccc(N)cc2)n1. The molecule has 0 aliphatic heterocycles. The van der Waals surface area contributed by atoms with E-state index in [1.807, 2.05) is 31.2 Å². The van der Waals surface area contributed by atoms with Crippen LogP contribution in [0.2, 0.25) is 0 Å². The van der Waals surface area contributed by atoms with E-state index in [-0.39, 0.29) is 0 Å². The maximum absolute atomic E-state index is 5.64. The summed E-state index contributed by atoms with van der Waals surface area (Å²) in [5, 5.41) is 3.17. The first-order valence-electron chi connectivity index (χ1n) is 6.32. The van der Waals surface area contributed by atoms with Crippen LogP contribution in [0.3, 0.4) is 0 Å². The third-order valence-corrected chi connectivity index (χ3v) is 2.60. The molecule has 0 atom stereocenters. The van der Waals surface area contributed by atoms with Gasteiger partial charge in [0.1, 0.15) is 0 Å². The Morgan fingerprint density at radius 3 is 2.74 bits per heavy atom. The smallest absolute Gasteiger partial charge is 0.225 e. The van der Waals surface area contributed by atoms with Crippen molar-refractivity contribution in [2.45, 2.75) is 13.3 Å². The van der Waals surface area contributed by atoms with Gasteiger partial charge >= 0.3 is 0 Å². The Morgan fingerprint density at radius 1 is 1.21 bits per heavy atom. The molecule has 3 N–H and O–H groups in total. The zero-order valence-corrected chi connectivity index (χ0v) is 11.0. The molecule has 0 unspecified atom stereocenters. The predicted octanol–water partition coefficient (Wildman–Crippen LogP) is 2.11. The van der Waals surface area contributed by atoms with Crippen molar-refractivity contribution in [1.29, 1.82) is 0 Å². The van der Waals surface area contributed by atoms with E-state index < -0.39 is 0 Å². The van der Waals surface area contributed by atoms with Gasteiger partial charge in [-0.3, -0.25) is 0 Å². The summed E-state index contributed by atoms with van der Waals surface area (Å²) in [6, 6.07) is 9.60. The second-order valence-electron chi connectivity index (χ2n) is 4.07. The van der Waals surface area contributed by atoms with Crippen LogP contribution in [0.1, 0.15) is 12.5 Å². The lowest BCUT2D eigenvalue weighted by Crippen LogP contribution is -2.08. The third kappa shape index (κ3) is 4.13. The Morgan fingerprint density at radius 2 is 2.00 bits per heavy atom. The summed E-state index contributed by atoms with van der Waals surface area (Å²) in [4.78, 5) is 8.39. The summed E-state index contributed by atoms with van der Waals surface area (Å²) < 4.78 is 5.32. The number of ether oxygens (including phenoxy) is 1. The van der Waals surface area contributed by atoms with Gasteiger partial charge in [0.25, 0.3) is 0 Å². The Hall–Kier alpha value is -2.30. The molecular weight excluding hydrogens is 240 g/mol. The molecule has 2 rings (SSSR count). The van der Waals surface area contributed by atoms with Gasteiger partial charge in [-0.1, -0.05) is 12.1 Å². The normalized spacial score (nSPS) is 10.2. The topological polar surface area (TPSA) is 73.1 Å². The maximum atomic E-state index is 5.64. The zero-order chi connectivity index (χ0) is 13.5. The zero-order valence-electron chi connectivity index (χ0n) is 11.0. The number of rotatable bonds is 6. The Kier molecular flexibility index (Phi) is 4.55. The molecule has 1 heterocycles. The second-order valence-corrected chi connectivity index (χ2v) is 4.07. The summed E-state index contributed by atoms with van der Waals surface area (Å²) >= 11 is 0. The number of aromatic nitrogens is 2. The lowest BCUT2D eigenvalue weighted by molar-refractivity contribution is 0.326. The molecular formula is C14H18N4O. The Balaban J connectivity index is 1.85. The molecule has 19 heavy (non-hydrogen) atoms. The molecule has 5 heteroatoms. The summed E-state index contributed by atoms with van der Waals surface area (Å²) in [5.74, 6) is 1.17. The average Bonchev–Trinajstić information content (AvgIpc) is 2.42. The van der Waals surface area contributed by atoms with Gasteiger partial charge < -0.3 is 15.8 Å². The van der Waals surface area contributed by atoms with Crippen LogP contribution in [-0.4, -0.2) is 23.1 Å². The molecule has 0 aliphatic rings. The summed E-state index contributed by atoms with van der Waals surface area (Å²) in [5.41, 5.74) is 7.65. The minimum absolute atomic E-state index is 0.585. The largest absolute Gasteiger partial charge is 0.478 e. The molecule has 0 saturated carbocycles. The van der Waals surface area contributed by atoms with Gasteiger partial charge in [-0.15, -0.1) is 0 Å². The van der Waals surface area contributed by atoms with Crippen molar-refractivity contribution in [2.24, 2.45) is 0 Å². The first-order valence-corrected chi connectivity index (χ1v) is 6.32. The first kappa shape index (κ1) is 13.1. The molecule has 0 spiro atoms. The third-order valence-electron chi connectivity index (χ3n) is 2.60. The Bertz CT molecular complexity index is 513. The van der Waals surface area contributed by atoms with Crippen molar-refractivity contribution in [2.75, 3.05) is 24.2 Å². The number of hydrogen-bond acceptors (Lipinski definition) is 5. The van der Waals surface area contributed by atoms with E-state index in [4.69, 9.17) is 10.5 Å². The van der Waals surface area contributed by atoms with E-state index in [0.717, 1.165) is 18.7 Å². The van der Waals surface area contributed by atoms with Crippen molar-refractivity contribution in [3.05, 3.63) is 42.1 Å². The fourth-order valence-corrected chi connectivity index (χ4v) is 1.66. The lowest BCUT2D eigenvalue weighted by Gasteiger charge is -2.07. The van der Waals surface area contributed by atoms with Gasteiger partial charge in [-0.05, 0) is 31.0 Å². The molecule has 0 amide bonds. The fourth-order valence-electron chi connectivity index (χ4n) is 1.66. The van der Waals surface area contributed by atoms with Crippen molar-refractivity contribution in [3.63, 3.8) is 0 Å². The predicted molar refractivity (Wildman–Crippen MR) is 76.2 cm³/mol. The summed E-state index contributed by atoms with van der Waals surface area (Å²) in [6.07, 6.45) is 2.58. The van der Waals surface area contributed by atoms with Gasteiger partial charge in [-0.25, -0.2) is 4.98 Å². The number of nitrogens with zero attached hydrogens (tertiary/aromatic N) is 2. The van der Waals surface area contributed by atoms with Crippen LogP contribution in [-0.2, 0) is 6.42 Å². The summed E-state index contributed by atoms with van der Waals surface area (Å²) in [7, 11) is 0. The highest BCUT2D eigenvalue weighted by Gasteiger charge is 1.99. The van der Waals surface area contributed by atoms with Crippen molar-refractivity contribution < 1.29 is 4.74 Å². The Labute approximate surface area is 112 Å². The molecule has 2 aromatic rings. The first-order chi connectivity index (χ1) is 9.28. The molecule has 1 aromatic carbocycles. The molecule has 0 fully saturated rings. The van der Waals surface area contributed by atoms with Crippen LogP contribution >= 0.6 is 0 Å². The van der Waals surface area contributed by atoms with Gasteiger partial charge in [0.2, 0.25) is 11.8 Å². The van der Waals surface area contributed by atoms with E-state index in [0.29, 0.717) is 18.4 Å². The molecule has 100 valence electrons. The molecule has 5 nitrogen and oxygen atoms in total. The minimum Gasteiger partial charge on any atom is -0.478 e. The summed E-state index contributed by atoms with van der Waals surface area (Å²) in [6.45, 7) is 3.29. The molecule has 0 saturated heterocycles. The van der Waals surface area contributed by atoms with Gasteiger partial charge in [0.15, 0.2) is 0 Å². The standard InChI is InChI=1S/C14H18N4O/c1-2-19-13-8-10-17-14(18-13)16-9-7-11-3-5-12(15)6-4-11/h3-6,8,10H,2,7,9,15H2,1H3,(H,16,17,18). The fraction of sp³-hybridized carbons (Fsp3) is 0.286. The maximum Gasteiger partial charge on any atom is 0.225 e. The molecule has 0 bridgehead atoms. The van der Waals surface area contributed by atoms with Crippen molar-refractivity contribution >= 4 is 11.6 Å². The van der Waals surface area contributed by atoms with E-state index in [1.165, 1.54) is 5.56 Å². The van der Waals surface area contributed by atoms with E-state index in [9.17, 15) is 0 Å².